The second-order valence-corrected chi connectivity index (χ2v) is 2.29. The molecule has 0 saturated carbocycles. The third-order valence-corrected chi connectivity index (χ3v) is 1.07. The van der Waals surface area contributed by atoms with Gasteiger partial charge in [0.25, 0.3) is 0 Å². The number of nitrogens with zero attached hydrogens (tertiary/aromatic N) is 1. The summed E-state index contributed by atoms with van der Waals surface area (Å²) >= 11 is 0. The van der Waals surface area contributed by atoms with E-state index in [-0.39, 0.29) is 12.5 Å². The van der Waals surface area contributed by atoms with Crippen molar-refractivity contribution in [1.29, 1.82) is 0 Å². The summed E-state index contributed by atoms with van der Waals surface area (Å²) in [5, 5.41) is 22.5. The summed E-state index contributed by atoms with van der Waals surface area (Å²) in [6.07, 6.45) is 0. The molecule has 0 rings (SSSR count). The van der Waals surface area contributed by atoms with E-state index >= 15 is 0 Å². The van der Waals surface area contributed by atoms with Gasteiger partial charge in [-0.25, -0.2) is 0 Å². The van der Waals surface area contributed by atoms with E-state index in [1.165, 1.54) is 0 Å². The Balaban J connectivity index is 3.63. The molecule has 0 unspecified atom stereocenters. The van der Waals surface area contributed by atoms with Crippen molar-refractivity contribution < 1.29 is 10.3 Å². The van der Waals surface area contributed by atoms with E-state index in [0.717, 1.165) is 0 Å². The fourth-order valence-electron chi connectivity index (χ4n) is 0.539. The maximum atomic E-state index is 8.39. The van der Waals surface area contributed by atoms with Crippen LogP contribution >= 0.6 is 0 Å². The first-order chi connectivity index (χ1) is 4.72. The van der Waals surface area contributed by atoms with Crippen LogP contribution in [0.15, 0.2) is 5.16 Å². The number of rotatable bonds is 3. The molecule has 0 atom stereocenters. The monoisotopic (exact) mass is 146 g/mol. The molecule has 0 saturated heterocycles. The Morgan fingerprint density at radius 2 is 2.20 bits per heavy atom. The zero-order valence-corrected chi connectivity index (χ0v) is 6.33. The standard InChI is InChI=1S/C6H14N2O2/c1-5(2)6(8-10)7-3-4-9/h5,9-10H,3-4H2,1-2H3,(H,7,8). The van der Waals surface area contributed by atoms with Crippen LogP contribution in [-0.2, 0) is 0 Å². The highest BCUT2D eigenvalue weighted by Gasteiger charge is 2.02. The maximum absolute atomic E-state index is 8.39. The lowest BCUT2D eigenvalue weighted by molar-refractivity contribution is 0.293. The third kappa shape index (κ3) is 3.29. The smallest absolute Gasteiger partial charge is 0.144 e. The van der Waals surface area contributed by atoms with Crippen LogP contribution < -0.4 is 5.32 Å². The molecule has 0 radical (unpaired) electrons. The van der Waals surface area contributed by atoms with Crippen molar-refractivity contribution >= 4 is 5.84 Å². The van der Waals surface area contributed by atoms with Crippen molar-refractivity contribution in [2.24, 2.45) is 11.1 Å². The van der Waals surface area contributed by atoms with Gasteiger partial charge in [0.15, 0.2) is 0 Å². The van der Waals surface area contributed by atoms with Crippen LogP contribution in [0.25, 0.3) is 0 Å². The molecule has 0 aliphatic rings. The predicted octanol–water partition coefficient (Wildman–Crippen LogP) is 0.0120. The summed E-state index contributed by atoms with van der Waals surface area (Å²) in [4.78, 5) is 0. The molecule has 0 aromatic heterocycles. The Kier molecular flexibility index (Phi) is 4.66. The van der Waals surface area contributed by atoms with Gasteiger partial charge in [-0.2, -0.15) is 0 Å². The van der Waals surface area contributed by atoms with Crippen LogP contribution in [0.1, 0.15) is 13.8 Å². The van der Waals surface area contributed by atoms with Crippen LogP contribution in [0.3, 0.4) is 0 Å². The number of oxime groups is 1. The van der Waals surface area contributed by atoms with Crippen LogP contribution in [0.4, 0.5) is 0 Å². The first kappa shape index (κ1) is 9.23. The minimum atomic E-state index is 0.0474. The van der Waals surface area contributed by atoms with E-state index in [9.17, 15) is 0 Å². The van der Waals surface area contributed by atoms with Crippen molar-refractivity contribution in [2.75, 3.05) is 13.2 Å². The lowest BCUT2D eigenvalue weighted by atomic mass is 10.2. The molecule has 4 heteroatoms. The van der Waals surface area contributed by atoms with Crippen molar-refractivity contribution in [3.8, 4) is 0 Å². The summed E-state index contributed by atoms with van der Waals surface area (Å²) in [5.41, 5.74) is 0. The summed E-state index contributed by atoms with van der Waals surface area (Å²) in [6, 6.07) is 0. The molecule has 3 N–H and O–H groups in total. The molecule has 0 aromatic rings. The first-order valence-corrected chi connectivity index (χ1v) is 3.29. The van der Waals surface area contributed by atoms with Gasteiger partial charge in [0.2, 0.25) is 0 Å². The molecule has 0 heterocycles. The number of aliphatic hydroxyl groups is 1. The number of amidine groups is 1. The summed E-state index contributed by atoms with van der Waals surface area (Å²) < 4.78 is 0. The molecule has 60 valence electrons. The summed E-state index contributed by atoms with van der Waals surface area (Å²) in [6.45, 7) is 4.28. The SMILES string of the molecule is CC(C)/C(=N/O)NCCO. The van der Waals surface area contributed by atoms with Gasteiger partial charge in [-0.1, -0.05) is 19.0 Å². The Morgan fingerprint density at radius 1 is 1.60 bits per heavy atom. The lowest BCUT2D eigenvalue weighted by Gasteiger charge is -2.08. The van der Waals surface area contributed by atoms with Gasteiger partial charge in [0, 0.05) is 12.5 Å². The maximum Gasteiger partial charge on any atom is 0.144 e. The molecule has 0 fully saturated rings. The molecule has 0 aliphatic heterocycles. The molecular weight excluding hydrogens is 132 g/mol. The van der Waals surface area contributed by atoms with E-state index in [0.29, 0.717) is 12.4 Å². The quantitative estimate of drug-likeness (QED) is 0.227. The van der Waals surface area contributed by atoms with Gasteiger partial charge in [0.1, 0.15) is 5.84 Å². The zero-order valence-electron chi connectivity index (χ0n) is 6.33. The molecule has 0 bridgehead atoms. The Morgan fingerprint density at radius 3 is 2.50 bits per heavy atom. The van der Waals surface area contributed by atoms with E-state index in [1.807, 2.05) is 13.8 Å². The summed E-state index contributed by atoms with van der Waals surface area (Å²) in [7, 11) is 0. The summed E-state index contributed by atoms with van der Waals surface area (Å²) in [5.74, 6) is 0.672. The van der Waals surface area contributed by atoms with Gasteiger partial charge < -0.3 is 15.6 Å². The second kappa shape index (κ2) is 5.05. The van der Waals surface area contributed by atoms with Gasteiger partial charge in [-0.3, -0.25) is 0 Å². The van der Waals surface area contributed by atoms with Crippen molar-refractivity contribution in [2.45, 2.75) is 13.8 Å². The Bertz CT molecular complexity index is 112. The number of hydrogen-bond donors (Lipinski definition) is 3. The molecule has 0 amide bonds. The predicted molar refractivity (Wildman–Crippen MR) is 39.1 cm³/mol. The molecule has 0 aromatic carbocycles. The first-order valence-electron chi connectivity index (χ1n) is 3.29. The molecule has 10 heavy (non-hydrogen) atoms. The van der Waals surface area contributed by atoms with Gasteiger partial charge in [0.05, 0.1) is 6.61 Å². The molecular formula is C6H14N2O2. The molecule has 0 aliphatic carbocycles. The second-order valence-electron chi connectivity index (χ2n) is 2.29. The van der Waals surface area contributed by atoms with E-state index < -0.39 is 0 Å². The zero-order chi connectivity index (χ0) is 7.98. The molecule has 4 nitrogen and oxygen atoms in total. The highest BCUT2D eigenvalue weighted by atomic mass is 16.4. The van der Waals surface area contributed by atoms with Gasteiger partial charge in [-0.15, -0.1) is 0 Å². The topological polar surface area (TPSA) is 64.9 Å². The van der Waals surface area contributed by atoms with Gasteiger partial charge >= 0.3 is 0 Å². The average Bonchev–Trinajstić information content (AvgIpc) is 1.89. The third-order valence-electron chi connectivity index (χ3n) is 1.07. The van der Waals surface area contributed by atoms with Crippen molar-refractivity contribution in [1.82, 2.24) is 5.32 Å². The minimum absolute atomic E-state index is 0.0474. The highest BCUT2D eigenvalue weighted by molar-refractivity contribution is 5.83. The fourth-order valence-corrected chi connectivity index (χ4v) is 0.539. The van der Waals surface area contributed by atoms with Crippen LogP contribution in [0, 0.1) is 5.92 Å². The molecule has 0 spiro atoms. The lowest BCUT2D eigenvalue weighted by Crippen LogP contribution is -2.30. The normalized spacial score (nSPS) is 12.2. The van der Waals surface area contributed by atoms with Crippen molar-refractivity contribution in [3.63, 3.8) is 0 Å². The average molecular weight is 146 g/mol. The Labute approximate surface area is 60.6 Å². The fraction of sp³-hybridized carbons (Fsp3) is 0.833. The van der Waals surface area contributed by atoms with E-state index in [4.69, 9.17) is 10.3 Å². The van der Waals surface area contributed by atoms with Crippen LogP contribution in [0.2, 0.25) is 0 Å². The Hall–Kier alpha value is -0.770. The highest BCUT2D eigenvalue weighted by Crippen LogP contribution is 1.91. The van der Waals surface area contributed by atoms with Crippen LogP contribution in [0.5, 0.6) is 0 Å². The number of hydrogen-bond acceptors (Lipinski definition) is 3. The van der Waals surface area contributed by atoms with E-state index in [1.54, 1.807) is 0 Å². The van der Waals surface area contributed by atoms with Crippen LogP contribution in [-0.4, -0.2) is 29.3 Å². The van der Waals surface area contributed by atoms with Crippen molar-refractivity contribution in [3.05, 3.63) is 0 Å². The van der Waals surface area contributed by atoms with E-state index in [2.05, 4.69) is 10.5 Å². The number of nitrogens with one attached hydrogen (secondary N) is 1. The largest absolute Gasteiger partial charge is 0.409 e. The minimum Gasteiger partial charge on any atom is -0.409 e. The van der Waals surface area contributed by atoms with Gasteiger partial charge in [-0.05, 0) is 0 Å². The number of aliphatic hydroxyl groups excluding tert-OH is 1.